The van der Waals surface area contributed by atoms with E-state index < -0.39 is 0 Å². The summed E-state index contributed by atoms with van der Waals surface area (Å²) in [7, 11) is 3.68. The SMILES string of the molecule is CN=C(NCC1(CCOC)CC1)N1CCC(C)C(n2ccnc2)C1.I. The highest BCUT2D eigenvalue weighted by Gasteiger charge is 2.42. The standard InChI is InChI=1S/C18H31N5O.HI/c1-15-4-9-22(12-16(15)23-10-8-20-14-23)17(19-2)21-13-18(5-6-18)7-11-24-3;/h8,10,14-16H,4-7,9,11-13H2,1-3H3,(H,19,21);1H. The molecule has 1 aliphatic heterocycles. The maximum absolute atomic E-state index is 5.26. The highest BCUT2D eigenvalue weighted by Crippen LogP contribution is 2.48. The van der Waals surface area contributed by atoms with Gasteiger partial charge in [-0.05, 0) is 37.0 Å². The van der Waals surface area contributed by atoms with E-state index in [0.717, 1.165) is 38.6 Å². The highest BCUT2D eigenvalue weighted by atomic mass is 127. The van der Waals surface area contributed by atoms with Crippen LogP contribution in [-0.2, 0) is 4.74 Å². The van der Waals surface area contributed by atoms with Crippen LogP contribution in [0.4, 0.5) is 0 Å². The van der Waals surface area contributed by atoms with E-state index in [-0.39, 0.29) is 24.0 Å². The smallest absolute Gasteiger partial charge is 0.193 e. The lowest BCUT2D eigenvalue weighted by molar-refractivity contribution is 0.170. The Labute approximate surface area is 168 Å². The summed E-state index contributed by atoms with van der Waals surface area (Å²) in [6, 6.07) is 0.461. The minimum atomic E-state index is 0. The molecule has 1 aromatic heterocycles. The molecule has 142 valence electrons. The van der Waals surface area contributed by atoms with Crippen molar-refractivity contribution in [3.63, 3.8) is 0 Å². The molecular formula is C18H32IN5O. The van der Waals surface area contributed by atoms with Crippen molar-refractivity contribution in [2.45, 2.75) is 38.6 Å². The second kappa shape index (κ2) is 9.21. The van der Waals surface area contributed by atoms with Gasteiger partial charge in [-0.2, -0.15) is 0 Å². The fourth-order valence-electron chi connectivity index (χ4n) is 3.70. The lowest BCUT2D eigenvalue weighted by Gasteiger charge is -2.39. The minimum Gasteiger partial charge on any atom is -0.385 e. The van der Waals surface area contributed by atoms with Crippen LogP contribution < -0.4 is 5.32 Å². The van der Waals surface area contributed by atoms with Gasteiger partial charge < -0.3 is 19.5 Å². The fraction of sp³-hybridized carbons (Fsp3) is 0.778. The number of halogens is 1. The molecule has 2 unspecified atom stereocenters. The topological polar surface area (TPSA) is 54.7 Å². The Bertz CT molecular complexity index is 544. The van der Waals surface area contributed by atoms with Gasteiger partial charge in [-0.25, -0.2) is 4.98 Å². The van der Waals surface area contributed by atoms with Gasteiger partial charge in [-0.1, -0.05) is 6.92 Å². The van der Waals surface area contributed by atoms with Crippen molar-refractivity contribution >= 4 is 29.9 Å². The van der Waals surface area contributed by atoms with Crippen LogP contribution in [0.2, 0.25) is 0 Å². The van der Waals surface area contributed by atoms with Crippen LogP contribution in [0.1, 0.15) is 38.6 Å². The van der Waals surface area contributed by atoms with Gasteiger partial charge in [-0.15, -0.1) is 24.0 Å². The van der Waals surface area contributed by atoms with Crippen LogP contribution in [0.15, 0.2) is 23.7 Å². The Balaban J connectivity index is 0.00000225. The Morgan fingerprint density at radius 3 is 2.84 bits per heavy atom. The third-order valence-corrected chi connectivity index (χ3v) is 5.75. The van der Waals surface area contributed by atoms with E-state index in [4.69, 9.17) is 4.74 Å². The molecule has 25 heavy (non-hydrogen) atoms. The van der Waals surface area contributed by atoms with E-state index in [2.05, 4.69) is 37.9 Å². The Kier molecular flexibility index (Phi) is 7.54. The van der Waals surface area contributed by atoms with Crippen molar-refractivity contribution in [2.75, 3.05) is 40.4 Å². The third-order valence-electron chi connectivity index (χ3n) is 5.75. The number of imidazole rings is 1. The normalized spacial score (nSPS) is 25.4. The summed E-state index contributed by atoms with van der Waals surface area (Å²) in [4.78, 5) is 11.2. The van der Waals surface area contributed by atoms with E-state index in [1.54, 1.807) is 7.11 Å². The molecule has 2 heterocycles. The van der Waals surface area contributed by atoms with E-state index in [1.807, 2.05) is 19.6 Å². The average Bonchev–Trinajstić information content (AvgIpc) is 3.15. The molecule has 1 aromatic rings. The van der Waals surface area contributed by atoms with Gasteiger partial charge in [0.05, 0.1) is 12.4 Å². The van der Waals surface area contributed by atoms with E-state index in [9.17, 15) is 0 Å². The van der Waals surface area contributed by atoms with Crippen LogP contribution in [0.3, 0.4) is 0 Å². The van der Waals surface area contributed by atoms with Crippen molar-refractivity contribution in [2.24, 2.45) is 16.3 Å². The lowest BCUT2D eigenvalue weighted by Crippen LogP contribution is -2.50. The number of aromatic nitrogens is 2. The molecule has 0 bridgehead atoms. The van der Waals surface area contributed by atoms with Gasteiger partial charge >= 0.3 is 0 Å². The largest absolute Gasteiger partial charge is 0.385 e. The molecule has 3 rings (SSSR count). The van der Waals surface area contributed by atoms with E-state index in [1.165, 1.54) is 19.3 Å². The van der Waals surface area contributed by atoms with Gasteiger partial charge in [-0.3, -0.25) is 4.99 Å². The summed E-state index contributed by atoms with van der Waals surface area (Å²) in [5, 5.41) is 3.63. The predicted molar refractivity (Wildman–Crippen MR) is 112 cm³/mol. The number of rotatable bonds is 6. The Morgan fingerprint density at radius 2 is 2.24 bits per heavy atom. The molecule has 1 N–H and O–H groups in total. The molecule has 1 aliphatic carbocycles. The second-order valence-corrected chi connectivity index (χ2v) is 7.43. The van der Waals surface area contributed by atoms with Crippen LogP contribution in [0.25, 0.3) is 0 Å². The second-order valence-electron chi connectivity index (χ2n) is 7.43. The predicted octanol–water partition coefficient (Wildman–Crippen LogP) is 2.78. The molecule has 2 fully saturated rings. The van der Waals surface area contributed by atoms with Gasteiger partial charge in [0.25, 0.3) is 0 Å². The third kappa shape index (κ3) is 5.09. The molecule has 7 heteroatoms. The number of aliphatic imine (C=N–C) groups is 1. The maximum Gasteiger partial charge on any atom is 0.193 e. The first kappa shape index (κ1) is 20.5. The summed E-state index contributed by atoms with van der Waals surface area (Å²) in [5.41, 5.74) is 0.429. The molecule has 2 atom stereocenters. The van der Waals surface area contributed by atoms with Crippen LogP contribution in [0, 0.1) is 11.3 Å². The molecule has 0 aromatic carbocycles. The van der Waals surface area contributed by atoms with Crippen LogP contribution >= 0.6 is 24.0 Å². The quantitative estimate of drug-likeness (QED) is 0.402. The zero-order chi connectivity index (χ0) is 17.0. The monoisotopic (exact) mass is 461 g/mol. The van der Waals surface area contributed by atoms with Crippen LogP contribution in [-0.4, -0.2) is 60.8 Å². The summed E-state index contributed by atoms with van der Waals surface area (Å²) in [6.45, 7) is 6.25. The van der Waals surface area contributed by atoms with Crippen molar-refractivity contribution in [3.8, 4) is 0 Å². The van der Waals surface area contributed by atoms with E-state index in [0.29, 0.717) is 17.4 Å². The Hall–Kier alpha value is -0.830. The highest BCUT2D eigenvalue weighted by molar-refractivity contribution is 14.0. The molecule has 1 saturated heterocycles. The molecule has 1 saturated carbocycles. The number of piperidine rings is 1. The van der Waals surface area contributed by atoms with Crippen molar-refractivity contribution < 1.29 is 4.74 Å². The number of nitrogens with one attached hydrogen (secondary N) is 1. The summed E-state index contributed by atoms with van der Waals surface area (Å²) >= 11 is 0. The van der Waals surface area contributed by atoms with E-state index >= 15 is 0 Å². The minimum absolute atomic E-state index is 0. The van der Waals surface area contributed by atoms with Crippen molar-refractivity contribution in [1.29, 1.82) is 0 Å². The van der Waals surface area contributed by atoms with Gasteiger partial charge in [0.1, 0.15) is 0 Å². The first-order valence-corrected chi connectivity index (χ1v) is 9.09. The number of nitrogens with zero attached hydrogens (tertiary/aromatic N) is 4. The van der Waals surface area contributed by atoms with Gasteiger partial charge in [0, 0.05) is 52.8 Å². The van der Waals surface area contributed by atoms with Crippen molar-refractivity contribution in [1.82, 2.24) is 19.8 Å². The zero-order valence-corrected chi connectivity index (χ0v) is 18.0. The number of hydrogen-bond acceptors (Lipinski definition) is 3. The summed E-state index contributed by atoms with van der Waals surface area (Å²) in [6.07, 6.45) is 10.8. The molecule has 6 nitrogen and oxygen atoms in total. The molecule has 2 aliphatic rings. The van der Waals surface area contributed by atoms with Gasteiger partial charge in [0.15, 0.2) is 5.96 Å². The number of likely N-dealkylation sites (tertiary alicyclic amines) is 1. The number of hydrogen-bond donors (Lipinski definition) is 1. The summed E-state index contributed by atoms with van der Waals surface area (Å²) < 4.78 is 7.50. The Morgan fingerprint density at radius 1 is 1.44 bits per heavy atom. The molecule has 0 spiro atoms. The summed E-state index contributed by atoms with van der Waals surface area (Å²) in [5.74, 6) is 1.70. The maximum atomic E-state index is 5.26. The molecule has 0 radical (unpaired) electrons. The first-order chi connectivity index (χ1) is 11.7. The van der Waals surface area contributed by atoms with Crippen LogP contribution in [0.5, 0.6) is 0 Å². The number of guanidine groups is 1. The average molecular weight is 461 g/mol. The fourth-order valence-corrected chi connectivity index (χ4v) is 3.70. The number of ether oxygens (including phenoxy) is 1. The molecule has 0 amide bonds. The zero-order valence-electron chi connectivity index (χ0n) is 15.6. The molecular weight excluding hydrogens is 429 g/mol. The lowest BCUT2D eigenvalue weighted by atomic mass is 9.93. The first-order valence-electron chi connectivity index (χ1n) is 9.09. The number of methoxy groups -OCH3 is 1. The van der Waals surface area contributed by atoms with Crippen molar-refractivity contribution in [3.05, 3.63) is 18.7 Å². The van der Waals surface area contributed by atoms with Gasteiger partial charge in [0.2, 0.25) is 0 Å².